The van der Waals surface area contributed by atoms with Gasteiger partial charge in [-0.3, -0.25) is 4.79 Å². The molecule has 0 saturated heterocycles. The van der Waals surface area contributed by atoms with Gasteiger partial charge in [0.25, 0.3) is 5.91 Å². The summed E-state index contributed by atoms with van der Waals surface area (Å²) in [6, 6.07) is 12.0. The highest BCUT2D eigenvalue weighted by Gasteiger charge is 2.22. The zero-order valence-corrected chi connectivity index (χ0v) is 14.1. The molecule has 0 fully saturated rings. The second-order valence-electron chi connectivity index (χ2n) is 4.95. The minimum atomic E-state index is -0.991. The Morgan fingerprint density at radius 1 is 1.04 bits per heavy atom. The fourth-order valence-electron chi connectivity index (χ4n) is 1.91. The molecule has 0 aliphatic rings. The van der Waals surface area contributed by atoms with Crippen molar-refractivity contribution in [3.63, 3.8) is 0 Å². The molecule has 23 heavy (non-hydrogen) atoms. The van der Waals surface area contributed by atoms with Crippen LogP contribution < -0.4 is 5.32 Å². The van der Waals surface area contributed by atoms with Gasteiger partial charge < -0.3 is 10.1 Å². The summed E-state index contributed by atoms with van der Waals surface area (Å²) in [7, 11) is 0. The maximum absolute atomic E-state index is 12.1. The quantitative estimate of drug-likeness (QED) is 0.825. The highest BCUT2D eigenvalue weighted by molar-refractivity contribution is 6.39. The van der Waals surface area contributed by atoms with E-state index >= 15 is 0 Å². The van der Waals surface area contributed by atoms with Gasteiger partial charge in [-0.15, -0.1) is 0 Å². The van der Waals surface area contributed by atoms with E-state index in [0.29, 0.717) is 5.69 Å². The van der Waals surface area contributed by atoms with Gasteiger partial charge >= 0.3 is 5.97 Å². The molecule has 0 aromatic heterocycles. The lowest BCUT2D eigenvalue weighted by Crippen LogP contribution is -2.30. The van der Waals surface area contributed by atoms with Gasteiger partial charge in [-0.25, -0.2) is 4.79 Å². The van der Waals surface area contributed by atoms with E-state index in [1.54, 1.807) is 12.1 Å². The molecule has 0 unspecified atom stereocenters. The largest absolute Gasteiger partial charge is 0.449 e. The third kappa shape index (κ3) is 4.24. The summed E-state index contributed by atoms with van der Waals surface area (Å²) in [5.41, 5.74) is 1.62. The van der Waals surface area contributed by atoms with Crippen LogP contribution in [0.2, 0.25) is 10.0 Å². The second-order valence-corrected chi connectivity index (χ2v) is 5.76. The molecule has 4 nitrogen and oxygen atoms in total. The molecular formula is C17H15Cl2NO3. The predicted octanol–water partition coefficient (Wildman–Crippen LogP) is 4.49. The molecular weight excluding hydrogens is 337 g/mol. The molecule has 1 amide bonds. The standard InChI is InChI=1S/C17H15Cl2NO3/c1-10-6-3-4-9-14(10)20-16(21)11(2)23-17(22)15-12(18)7-5-8-13(15)19/h3-9,11H,1-2H3,(H,20,21)/t11-/m1/s1. The van der Waals surface area contributed by atoms with Gasteiger partial charge in [0.1, 0.15) is 0 Å². The number of hydrogen-bond donors (Lipinski definition) is 1. The molecule has 2 aromatic rings. The zero-order valence-electron chi connectivity index (χ0n) is 12.6. The van der Waals surface area contributed by atoms with Crippen LogP contribution in [0.4, 0.5) is 5.69 Å². The van der Waals surface area contributed by atoms with E-state index in [1.807, 2.05) is 25.1 Å². The second kappa shape index (κ2) is 7.49. The number of hydrogen-bond acceptors (Lipinski definition) is 3. The van der Waals surface area contributed by atoms with Gasteiger partial charge in [-0.05, 0) is 37.6 Å². The Morgan fingerprint density at radius 3 is 2.26 bits per heavy atom. The average molecular weight is 352 g/mol. The number of esters is 1. The van der Waals surface area contributed by atoms with Crippen LogP contribution in [0, 0.1) is 6.92 Å². The highest BCUT2D eigenvalue weighted by atomic mass is 35.5. The van der Waals surface area contributed by atoms with E-state index in [9.17, 15) is 9.59 Å². The van der Waals surface area contributed by atoms with Gasteiger partial charge in [-0.2, -0.15) is 0 Å². The Kier molecular flexibility index (Phi) is 5.64. The maximum atomic E-state index is 12.1. The number of aryl methyl sites for hydroxylation is 1. The lowest BCUT2D eigenvalue weighted by Gasteiger charge is -2.15. The van der Waals surface area contributed by atoms with Crippen molar-refractivity contribution in [1.82, 2.24) is 0 Å². The number of carbonyl (C=O) groups excluding carboxylic acids is 2. The first-order valence-corrected chi connectivity index (χ1v) is 7.67. The number of benzene rings is 2. The molecule has 0 aliphatic heterocycles. The molecule has 0 heterocycles. The smallest absolute Gasteiger partial charge is 0.341 e. The summed E-state index contributed by atoms with van der Waals surface area (Å²) in [4.78, 5) is 24.3. The van der Waals surface area contributed by atoms with Crippen LogP contribution in [0.3, 0.4) is 0 Å². The number of carbonyl (C=O) groups is 2. The highest BCUT2D eigenvalue weighted by Crippen LogP contribution is 2.25. The topological polar surface area (TPSA) is 55.4 Å². The van der Waals surface area contributed by atoms with Gasteiger partial charge in [0.15, 0.2) is 6.10 Å². The van der Waals surface area contributed by atoms with Crippen molar-refractivity contribution in [2.45, 2.75) is 20.0 Å². The zero-order chi connectivity index (χ0) is 17.0. The summed E-state index contributed by atoms with van der Waals surface area (Å²) in [5, 5.41) is 3.06. The molecule has 1 atom stereocenters. The van der Waals surface area contributed by atoms with E-state index in [-0.39, 0.29) is 15.6 Å². The Morgan fingerprint density at radius 2 is 1.65 bits per heavy atom. The Hall–Kier alpha value is -2.04. The Bertz CT molecular complexity index is 726. The van der Waals surface area contributed by atoms with Crippen LogP contribution in [-0.2, 0) is 9.53 Å². The molecule has 0 radical (unpaired) electrons. The number of ether oxygens (including phenoxy) is 1. The van der Waals surface area contributed by atoms with Crippen molar-refractivity contribution in [3.8, 4) is 0 Å². The fraction of sp³-hybridized carbons (Fsp3) is 0.176. The van der Waals surface area contributed by atoms with Gasteiger partial charge in [-0.1, -0.05) is 47.5 Å². The van der Waals surface area contributed by atoms with Crippen LogP contribution in [0.25, 0.3) is 0 Å². The Balaban J connectivity index is 2.06. The molecule has 2 rings (SSSR count). The number of rotatable bonds is 4. The summed E-state index contributed by atoms with van der Waals surface area (Å²) < 4.78 is 5.15. The van der Waals surface area contributed by atoms with E-state index < -0.39 is 18.0 Å². The van der Waals surface area contributed by atoms with E-state index in [1.165, 1.54) is 19.1 Å². The van der Waals surface area contributed by atoms with Crippen molar-refractivity contribution in [2.24, 2.45) is 0 Å². The molecule has 6 heteroatoms. The first-order valence-electron chi connectivity index (χ1n) is 6.91. The minimum Gasteiger partial charge on any atom is -0.449 e. The SMILES string of the molecule is Cc1ccccc1NC(=O)[C@@H](C)OC(=O)c1c(Cl)cccc1Cl. The Labute approximate surface area is 144 Å². The van der Waals surface area contributed by atoms with E-state index in [4.69, 9.17) is 27.9 Å². The average Bonchev–Trinajstić information content (AvgIpc) is 2.49. The van der Waals surface area contributed by atoms with Crippen LogP contribution >= 0.6 is 23.2 Å². The lowest BCUT2D eigenvalue weighted by molar-refractivity contribution is -0.123. The van der Waals surface area contributed by atoms with Crippen LogP contribution in [-0.4, -0.2) is 18.0 Å². The van der Waals surface area contributed by atoms with Crippen LogP contribution in [0.1, 0.15) is 22.8 Å². The number of halogens is 2. The predicted molar refractivity (Wildman–Crippen MR) is 91.1 cm³/mol. The normalized spacial score (nSPS) is 11.7. The number of anilines is 1. The molecule has 0 saturated carbocycles. The van der Waals surface area contributed by atoms with Crippen LogP contribution in [0.15, 0.2) is 42.5 Å². The first-order chi connectivity index (χ1) is 10.9. The van der Waals surface area contributed by atoms with Crippen molar-refractivity contribution < 1.29 is 14.3 Å². The number of para-hydroxylation sites is 1. The number of amides is 1. The van der Waals surface area contributed by atoms with Gasteiger partial charge in [0.2, 0.25) is 0 Å². The van der Waals surface area contributed by atoms with Crippen molar-refractivity contribution in [3.05, 3.63) is 63.6 Å². The first kappa shape index (κ1) is 17.3. The molecule has 0 bridgehead atoms. The molecule has 0 spiro atoms. The third-order valence-electron chi connectivity index (χ3n) is 3.22. The van der Waals surface area contributed by atoms with Crippen molar-refractivity contribution in [1.29, 1.82) is 0 Å². The molecule has 0 aliphatic carbocycles. The third-order valence-corrected chi connectivity index (χ3v) is 3.85. The fourth-order valence-corrected chi connectivity index (χ4v) is 2.47. The molecule has 2 aromatic carbocycles. The van der Waals surface area contributed by atoms with Gasteiger partial charge in [0.05, 0.1) is 15.6 Å². The summed E-state index contributed by atoms with van der Waals surface area (Å²) in [5.74, 6) is -1.18. The lowest BCUT2D eigenvalue weighted by atomic mass is 10.2. The number of nitrogens with one attached hydrogen (secondary N) is 1. The summed E-state index contributed by atoms with van der Waals surface area (Å²) in [6.45, 7) is 3.35. The minimum absolute atomic E-state index is 0.0476. The van der Waals surface area contributed by atoms with Crippen LogP contribution in [0.5, 0.6) is 0 Å². The molecule has 1 N–H and O–H groups in total. The van der Waals surface area contributed by atoms with Crippen molar-refractivity contribution >= 4 is 40.8 Å². The van der Waals surface area contributed by atoms with Crippen molar-refractivity contribution in [2.75, 3.05) is 5.32 Å². The van der Waals surface area contributed by atoms with Gasteiger partial charge in [0, 0.05) is 5.69 Å². The summed E-state index contributed by atoms with van der Waals surface area (Å²) in [6.07, 6.45) is -0.991. The summed E-state index contributed by atoms with van der Waals surface area (Å²) >= 11 is 11.9. The van der Waals surface area contributed by atoms with E-state index in [2.05, 4.69) is 5.32 Å². The maximum Gasteiger partial charge on any atom is 0.341 e. The monoisotopic (exact) mass is 351 g/mol. The molecule has 120 valence electrons. The van der Waals surface area contributed by atoms with E-state index in [0.717, 1.165) is 5.56 Å².